The van der Waals surface area contributed by atoms with Gasteiger partial charge in [0.2, 0.25) is 0 Å². The number of nitrogens with zero attached hydrogens (tertiary/aromatic N) is 2. The highest BCUT2D eigenvalue weighted by Gasteiger charge is 2.44. The first-order chi connectivity index (χ1) is 26.3. The number of aromatic nitrogens is 1. The molecule has 0 saturated heterocycles. The van der Waals surface area contributed by atoms with Gasteiger partial charge in [0, 0.05) is 50.0 Å². The van der Waals surface area contributed by atoms with Crippen LogP contribution in [0.3, 0.4) is 0 Å². The molecule has 0 radical (unpaired) electrons. The SMILES string of the molecule is c1ccc(N2B3c4ccccc4Oc4cc(-n5c6ccccc6c6ccccc65)cc(c43)-c3ccc(-c4cccc5oc6ccccc6c45)cc32)cc1. The minimum absolute atomic E-state index is 0.104. The van der Waals surface area contributed by atoms with Crippen molar-refractivity contribution in [3.63, 3.8) is 0 Å². The summed E-state index contributed by atoms with van der Waals surface area (Å²) < 4.78 is 15.6. The van der Waals surface area contributed by atoms with E-state index in [2.05, 4.69) is 179 Å². The van der Waals surface area contributed by atoms with Crippen molar-refractivity contribution in [2.24, 2.45) is 0 Å². The Morgan fingerprint density at radius 3 is 1.98 bits per heavy atom. The summed E-state index contributed by atoms with van der Waals surface area (Å²) >= 11 is 0. The Morgan fingerprint density at radius 2 is 1.15 bits per heavy atom. The van der Waals surface area contributed by atoms with E-state index in [0.717, 1.165) is 67.1 Å². The highest BCUT2D eigenvalue weighted by molar-refractivity contribution is 6.92. The summed E-state index contributed by atoms with van der Waals surface area (Å²) in [7, 11) is 0. The molecule has 10 aromatic rings. The van der Waals surface area contributed by atoms with Crippen molar-refractivity contribution in [2.45, 2.75) is 0 Å². The lowest BCUT2D eigenvalue weighted by Gasteiger charge is -2.42. The van der Waals surface area contributed by atoms with Crippen LogP contribution in [-0.2, 0) is 0 Å². The van der Waals surface area contributed by atoms with E-state index in [0.29, 0.717) is 0 Å². The van der Waals surface area contributed by atoms with E-state index in [1.165, 1.54) is 38.4 Å². The molecule has 12 rings (SSSR count). The van der Waals surface area contributed by atoms with E-state index in [1.807, 2.05) is 6.07 Å². The number of benzene rings is 8. The van der Waals surface area contributed by atoms with Crippen molar-refractivity contribution in [2.75, 3.05) is 4.81 Å². The van der Waals surface area contributed by atoms with Gasteiger partial charge in [-0.3, -0.25) is 0 Å². The van der Waals surface area contributed by atoms with Crippen LogP contribution >= 0.6 is 0 Å². The van der Waals surface area contributed by atoms with E-state index in [4.69, 9.17) is 9.15 Å². The molecule has 0 saturated carbocycles. The van der Waals surface area contributed by atoms with Gasteiger partial charge in [0.15, 0.2) is 0 Å². The minimum atomic E-state index is -0.104. The normalized spacial score (nSPS) is 13.0. The highest BCUT2D eigenvalue weighted by Crippen LogP contribution is 2.48. The minimum Gasteiger partial charge on any atom is -0.458 e. The molecule has 0 N–H and O–H groups in total. The van der Waals surface area contributed by atoms with E-state index in [9.17, 15) is 0 Å². The lowest BCUT2D eigenvalue weighted by molar-refractivity contribution is 0.487. The Bertz CT molecular complexity index is 3070. The van der Waals surface area contributed by atoms with Crippen molar-refractivity contribution >= 4 is 72.9 Å². The fourth-order valence-electron chi connectivity index (χ4n) is 9.03. The van der Waals surface area contributed by atoms with Gasteiger partial charge < -0.3 is 18.5 Å². The van der Waals surface area contributed by atoms with Crippen molar-refractivity contribution in [3.8, 4) is 39.4 Å². The second kappa shape index (κ2) is 10.8. The van der Waals surface area contributed by atoms with Crippen LogP contribution in [0.5, 0.6) is 11.5 Å². The van der Waals surface area contributed by atoms with Gasteiger partial charge >= 0.3 is 6.85 Å². The predicted octanol–water partition coefficient (Wildman–Crippen LogP) is 11.4. The topological polar surface area (TPSA) is 30.5 Å². The van der Waals surface area contributed by atoms with Crippen LogP contribution < -0.4 is 20.5 Å². The quantitative estimate of drug-likeness (QED) is 0.175. The smallest absolute Gasteiger partial charge is 0.336 e. The standard InChI is InChI=1S/C48H29BN2O2/c1-2-13-31(14-3-1)51-42-27-30(33-18-12-24-45-47(33)37-17-6-10-22-43(37)52-45)25-26-36(42)38-28-32(29-46-48(38)49(51)39-19-7-11-23-44(39)53-46)50-40-20-8-4-15-34(40)35-16-5-9-21-41(35)50/h1-29H. The summed E-state index contributed by atoms with van der Waals surface area (Å²) in [5, 5.41) is 4.73. The molecule has 0 amide bonds. The number of ether oxygens (including phenoxy) is 1. The zero-order valence-corrected chi connectivity index (χ0v) is 28.5. The first kappa shape index (κ1) is 28.7. The van der Waals surface area contributed by atoms with Crippen molar-refractivity contribution < 1.29 is 9.15 Å². The molecule has 2 aliphatic heterocycles. The summed E-state index contributed by atoms with van der Waals surface area (Å²) in [6.07, 6.45) is 0. The number of anilines is 2. The van der Waals surface area contributed by atoms with Crippen LogP contribution in [-0.4, -0.2) is 11.4 Å². The van der Waals surface area contributed by atoms with Gasteiger partial charge in [-0.05, 0) is 76.8 Å². The van der Waals surface area contributed by atoms with Gasteiger partial charge in [0.05, 0.1) is 16.7 Å². The van der Waals surface area contributed by atoms with Crippen LogP contribution in [0, 0.1) is 0 Å². The molecule has 53 heavy (non-hydrogen) atoms. The summed E-state index contributed by atoms with van der Waals surface area (Å²) in [4.78, 5) is 2.51. The molecule has 246 valence electrons. The first-order valence-corrected chi connectivity index (χ1v) is 18.1. The van der Waals surface area contributed by atoms with Gasteiger partial charge in [-0.2, -0.15) is 0 Å². The maximum atomic E-state index is 6.91. The van der Waals surface area contributed by atoms with Gasteiger partial charge in [0.1, 0.15) is 22.7 Å². The van der Waals surface area contributed by atoms with E-state index < -0.39 is 0 Å². The van der Waals surface area contributed by atoms with Gasteiger partial charge in [-0.25, -0.2) is 0 Å². The van der Waals surface area contributed by atoms with Gasteiger partial charge in [-0.15, -0.1) is 0 Å². The number of fused-ring (bicyclic) bond motifs is 10. The Labute approximate surface area is 305 Å². The highest BCUT2D eigenvalue weighted by atomic mass is 16.5. The molecule has 5 heteroatoms. The lowest BCUT2D eigenvalue weighted by atomic mass is 9.44. The van der Waals surface area contributed by atoms with Crippen molar-refractivity contribution in [3.05, 3.63) is 176 Å². The number of rotatable bonds is 3. The Balaban J connectivity index is 1.17. The van der Waals surface area contributed by atoms with Gasteiger partial charge in [0.25, 0.3) is 0 Å². The molecule has 4 nitrogen and oxygen atoms in total. The second-order valence-corrected chi connectivity index (χ2v) is 14.0. The maximum absolute atomic E-state index is 6.91. The number of para-hydroxylation sites is 5. The third-order valence-corrected chi connectivity index (χ3v) is 11.2. The molecule has 0 bridgehead atoms. The van der Waals surface area contributed by atoms with Crippen LogP contribution in [0.4, 0.5) is 11.4 Å². The van der Waals surface area contributed by atoms with E-state index in [-0.39, 0.29) is 6.85 Å². The summed E-state index contributed by atoms with van der Waals surface area (Å²) in [6.45, 7) is -0.104. The fourth-order valence-corrected chi connectivity index (χ4v) is 9.03. The predicted molar refractivity (Wildman–Crippen MR) is 219 cm³/mol. The molecular weight excluding hydrogens is 647 g/mol. The molecule has 2 aliphatic rings. The van der Waals surface area contributed by atoms with E-state index >= 15 is 0 Å². The van der Waals surface area contributed by atoms with Gasteiger partial charge in [-0.1, -0.05) is 115 Å². The second-order valence-electron chi connectivity index (χ2n) is 14.0. The average molecular weight is 677 g/mol. The first-order valence-electron chi connectivity index (χ1n) is 18.1. The lowest BCUT2D eigenvalue weighted by Crippen LogP contribution is -2.59. The molecule has 0 unspecified atom stereocenters. The van der Waals surface area contributed by atoms with Crippen LogP contribution in [0.25, 0.3) is 71.7 Å². The Hall–Kier alpha value is -6.98. The number of hydrogen-bond acceptors (Lipinski definition) is 3. The molecule has 0 aliphatic carbocycles. The monoisotopic (exact) mass is 676 g/mol. The molecule has 2 aromatic heterocycles. The maximum Gasteiger partial charge on any atom is 0.336 e. The van der Waals surface area contributed by atoms with E-state index in [1.54, 1.807) is 0 Å². The number of hydrogen-bond donors (Lipinski definition) is 0. The fraction of sp³-hybridized carbons (Fsp3) is 0. The summed E-state index contributed by atoms with van der Waals surface area (Å²) in [6, 6.07) is 63.0. The average Bonchev–Trinajstić information content (AvgIpc) is 3.77. The molecule has 4 heterocycles. The molecule has 8 aromatic carbocycles. The van der Waals surface area contributed by atoms with Crippen molar-refractivity contribution in [1.82, 2.24) is 4.57 Å². The van der Waals surface area contributed by atoms with Crippen LogP contribution in [0.15, 0.2) is 180 Å². The number of furan rings is 1. The van der Waals surface area contributed by atoms with Crippen LogP contribution in [0.1, 0.15) is 0 Å². The molecule has 0 spiro atoms. The molecule has 0 atom stereocenters. The summed E-state index contributed by atoms with van der Waals surface area (Å²) in [5.41, 5.74) is 14.5. The third kappa shape index (κ3) is 4.02. The third-order valence-electron chi connectivity index (χ3n) is 11.2. The summed E-state index contributed by atoms with van der Waals surface area (Å²) in [5.74, 6) is 1.76. The largest absolute Gasteiger partial charge is 0.458 e. The van der Waals surface area contributed by atoms with Crippen LogP contribution in [0.2, 0.25) is 0 Å². The molecular formula is C48H29BN2O2. The van der Waals surface area contributed by atoms with Crippen molar-refractivity contribution in [1.29, 1.82) is 0 Å². The zero-order valence-electron chi connectivity index (χ0n) is 28.5. The zero-order chi connectivity index (χ0) is 34.6. The molecule has 0 fully saturated rings. The Morgan fingerprint density at radius 1 is 0.453 bits per heavy atom. The Kier molecular flexibility index (Phi) is 5.83.